The molecule has 0 bridgehead atoms. The van der Waals surface area contributed by atoms with E-state index >= 15 is 0 Å². The van der Waals surface area contributed by atoms with E-state index in [9.17, 15) is 18.8 Å². The monoisotopic (exact) mass is 383 g/mol. The van der Waals surface area contributed by atoms with E-state index in [1.165, 1.54) is 24.3 Å². The number of halogens is 1. The van der Waals surface area contributed by atoms with Crippen molar-refractivity contribution in [3.05, 3.63) is 71.5 Å². The summed E-state index contributed by atoms with van der Waals surface area (Å²) in [5, 5.41) is 5.47. The molecule has 2 atom stereocenters. The summed E-state index contributed by atoms with van der Waals surface area (Å²) >= 11 is 0. The van der Waals surface area contributed by atoms with Gasteiger partial charge in [0.2, 0.25) is 5.91 Å². The minimum absolute atomic E-state index is 0.262. The number of nitrogens with zero attached hydrogens (tertiary/aromatic N) is 1. The van der Waals surface area contributed by atoms with Gasteiger partial charge in [-0.1, -0.05) is 49.4 Å². The van der Waals surface area contributed by atoms with E-state index < -0.39 is 29.2 Å². The Morgan fingerprint density at radius 2 is 1.79 bits per heavy atom. The number of carbonyl (C=O) groups is 3. The lowest BCUT2D eigenvalue weighted by atomic mass is 9.87. The summed E-state index contributed by atoms with van der Waals surface area (Å²) in [4.78, 5) is 38.8. The lowest BCUT2D eigenvalue weighted by Gasteiger charge is -2.25. The maximum absolute atomic E-state index is 13.3. The molecule has 2 N–H and O–H groups in total. The number of benzene rings is 2. The third-order valence-electron chi connectivity index (χ3n) is 5.02. The lowest BCUT2D eigenvalue weighted by molar-refractivity contribution is -0.135. The Morgan fingerprint density at radius 3 is 2.39 bits per heavy atom. The fourth-order valence-corrected chi connectivity index (χ4v) is 3.40. The Bertz CT molecular complexity index is 886. The van der Waals surface area contributed by atoms with E-state index in [1.54, 1.807) is 6.92 Å². The maximum Gasteiger partial charge on any atom is 0.325 e. The molecule has 1 saturated heterocycles. The number of rotatable bonds is 6. The molecule has 3 rings (SSSR count). The predicted octanol–water partition coefficient (Wildman–Crippen LogP) is 2.86. The number of hydrogen-bond acceptors (Lipinski definition) is 3. The summed E-state index contributed by atoms with van der Waals surface area (Å²) in [5.74, 6) is -1.39. The van der Waals surface area contributed by atoms with Crippen LogP contribution in [-0.2, 0) is 15.1 Å². The van der Waals surface area contributed by atoms with Gasteiger partial charge in [0.25, 0.3) is 5.91 Å². The van der Waals surface area contributed by atoms with Crippen molar-refractivity contribution in [2.24, 2.45) is 0 Å². The van der Waals surface area contributed by atoms with Crippen molar-refractivity contribution in [1.29, 1.82) is 0 Å². The topological polar surface area (TPSA) is 78.5 Å². The quantitative estimate of drug-likeness (QED) is 0.753. The molecule has 1 aliphatic rings. The Morgan fingerprint density at radius 1 is 1.14 bits per heavy atom. The van der Waals surface area contributed by atoms with Gasteiger partial charge in [0.05, 0.1) is 6.04 Å². The minimum Gasteiger partial charge on any atom is -0.348 e. The number of imide groups is 1. The minimum atomic E-state index is -1.30. The molecule has 2 aromatic carbocycles. The van der Waals surface area contributed by atoms with Gasteiger partial charge in [0, 0.05) is 0 Å². The van der Waals surface area contributed by atoms with Crippen molar-refractivity contribution in [2.45, 2.75) is 31.8 Å². The molecular weight excluding hydrogens is 361 g/mol. The predicted molar refractivity (Wildman–Crippen MR) is 102 cm³/mol. The van der Waals surface area contributed by atoms with Gasteiger partial charge >= 0.3 is 6.03 Å². The fourth-order valence-electron chi connectivity index (χ4n) is 3.40. The molecule has 4 amide bonds. The highest BCUT2D eigenvalue weighted by molar-refractivity contribution is 6.09. The molecule has 2 aromatic rings. The average molecular weight is 383 g/mol. The Hall–Kier alpha value is -3.22. The van der Waals surface area contributed by atoms with E-state index in [0.717, 1.165) is 10.5 Å². The molecule has 0 radical (unpaired) electrons. The van der Waals surface area contributed by atoms with Crippen LogP contribution in [0.15, 0.2) is 54.6 Å². The van der Waals surface area contributed by atoms with Gasteiger partial charge in [-0.2, -0.15) is 0 Å². The molecule has 1 fully saturated rings. The molecule has 146 valence electrons. The summed E-state index contributed by atoms with van der Waals surface area (Å²) in [6.45, 7) is 3.20. The van der Waals surface area contributed by atoms with Gasteiger partial charge in [0.1, 0.15) is 17.9 Å². The van der Waals surface area contributed by atoms with Crippen LogP contribution >= 0.6 is 0 Å². The summed E-state index contributed by atoms with van der Waals surface area (Å²) in [6.07, 6.45) is 0.280. The second-order valence-electron chi connectivity index (χ2n) is 6.79. The normalized spacial score (nSPS) is 20.0. The molecule has 1 aliphatic heterocycles. The molecular formula is C21H22FN3O3. The number of hydrogen-bond donors (Lipinski definition) is 2. The third-order valence-corrected chi connectivity index (χ3v) is 5.02. The van der Waals surface area contributed by atoms with E-state index in [-0.39, 0.29) is 19.0 Å². The van der Waals surface area contributed by atoms with Gasteiger partial charge in [-0.3, -0.25) is 14.5 Å². The van der Waals surface area contributed by atoms with Crippen LogP contribution in [0.5, 0.6) is 0 Å². The molecule has 28 heavy (non-hydrogen) atoms. The first-order valence-corrected chi connectivity index (χ1v) is 9.12. The molecule has 0 saturated carbocycles. The fraction of sp³-hybridized carbons (Fsp3) is 0.286. The number of urea groups is 1. The Labute approximate surface area is 162 Å². The smallest absolute Gasteiger partial charge is 0.325 e. The van der Waals surface area contributed by atoms with E-state index in [0.29, 0.717) is 5.56 Å². The van der Waals surface area contributed by atoms with Crippen LogP contribution < -0.4 is 10.6 Å². The number of amides is 4. The van der Waals surface area contributed by atoms with Crippen molar-refractivity contribution in [2.75, 3.05) is 6.54 Å². The first kappa shape index (κ1) is 19.5. The third kappa shape index (κ3) is 3.60. The molecule has 0 spiro atoms. The highest BCUT2D eigenvalue weighted by Gasteiger charge is 2.51. The Balaban J connectivity index is 1.74. The second kappa shape index (κ2) is 7.80. The van der Waals surface area contributed by atoms with Crippen molar-refractivity contribution < 1.29 is 18.8 Å². The van der Waals surface area contributed by atoms with Crippen LogP contribution in [0.3, 0.4) is 0 Å². The molecule has 0 aliphatic carbocycles. The van der Waals surface area contributed by atoms with Gasteiger partial charge < -0.3 is 10.6 Å². The second-order valence-corrected chi connectivity index (χ2v) is 6.79. The first-order valence-electron chi connectivity index (χ1n) is 9.12. The molecule has 0 aromatic heterocycles. The first-order chi connectivity index (χ1) is 13.4. The van der Waals surface area contributed by atoms with Crippen LogP contribution in [0, 0.1) is 5.82 Å². The molecule has 6 nitrogen and oxygen atoms in total. The molecule has 1 heterocycles. The Kier molecular flexibility index (Phi) is 5.44. The summed E-state index contributed by atoms with van der Waals surface area (Å²) in [5.41, 5.74) is 0.105. The molecule has 0 unspecified atom stereocenters. The van der Waals surface area contributed by atoms with Crippen LogP contribution in [0.25, 0.3) is 0 Å². The number of nitrogens with one attached hydrogen (secondary N) is 2. The van der Waals surface area contributed by atoms with Crippen LogP contribution in [0.1, 0.15) is 37.4 Å². The summed E-state index contributed by atoms with van der Waals surface area (Å²) in [6, 6.07) is 13.9. The van der Waals surface area contributed by atoms with Gasteiger partial charge in [-0.15, -0.1) is 0 Å². The van der Waals surface area contributed by atoms with E-state index in [4.69, 9.17) is 0 Å². The van der Waals surface area contributed by atoms with Crippen molar-refractivity contribution >= 4 is 17.8 Å². The van der Waals surface area contributed by atoms with Crippen LogP contribution in [0.2, 0.25) is 0 Å². The lowest BCUT2D eigenvalue weighted by Crippen LogP contribution is -2.45. The average Bonchev–Trinajstić information content (AvgIpc) is 2.94. The van der Waals surface area contributed by atoms with E-state index in [2.05, 4.69) is 10.6 Å². The van der Waals surface area contributed by atoms with Crippen molar-refractivity contribution in [3.63, 3.8) is 0 Å². The zero-order valence-electron chi connectivity index (χ0n) is 15.7. The van der Waals surface area contributed by atoms with Crippen molar-refractivity contribution in [1.82, 2.24) is 15.5 Å². The van der Waals surface area contributed by atoms with Gasteiger partial charge in [-0.05, 0) is 36.6 Å². The standard InChI is InChI=1S/C21H22FN3O3/c1-3-21(16-9-11-17(22)12-10-16)19(27)25(20(28)24-21)13-18(26)23-14(2)15-7-5-4-6-8-15/h4-12,14H,3,13H2,1-2H3,(H,23,26)(H,24,28)/t14-,21-/m0/s1. The maximum atomic E-state index is 13.3. The number of carbonyl (C=O) groups excluding carboxylic acids is 3. The highest BCUT2D eigenvalue weighted by atomic mass is 19.1. The van der Waals surface area contributed by atoms with Gasteiger partial charge in [0.15, 0.2) is 0 Å². The SMILES string of the molecule is CC[C@@]1(c2ccc(F)cc2)NC(=O)N(CC(=O)N[C@@H](C)c2ccccc2)C1=O. The van der Waals surface area contributed by atoms with E-state index in [1.807, 2.05) is 37.3 Å². The van der Waals surface area contributed by atoms with Gasteiger partial charge in [-0.25, -0.2) is 9.18 Å². The largest absolute Gasteiger partial charge is 0.348 e. The van der Waals surface area contributed by atoms with Crippen LogP contribution in [0.4, 0.5) is 9.18 Å². The highest BCUT2D eigenvalue weighted by Crippen LogP contribution is 2.32. The summed E-state index contributed by atoms with van der Waals surface area (Å²) in [7, 11) is 0. The van der Waals surface area contributed by atoms with Crippen molar-refractivity contribution in [3.8, 4) is 0 Å². The summed E-state index contributed by atoms with van der Waals surface area (Å²) < 4.78 is 13.3. The zero-order chi connectivity index (χ0) is 20.3. The molecule has 7 heteroatoms. The zero-order valence-corrected chi connectivity index (χ0v) is 15.7. The van der Waals surface area contributed by atoms with Crippen LogP contribution in [-0.4, -0.2) is 29.3 Å².